The van der Waals surface area contributed by atoms with Gasteiger partial charge in [0.15, 0.2) is 5.82 Å². The second-order valence-corrected chi connectivity index (χ2v) is 9.90. The van der Waals surface area contributed by atoms with Crippen LogP contribution in [0.2, 0.25) is 10.0 Å². The fourth-order valence-electron chi connectivity index (χ4n) is 4.60. The number of aryl methyl sites for hydroxylation is 2. The van der Waals surface area contributed by atoms with E-state index in [0.717, 1.165) is 46.6 Å². The summed E-state index contributed by atoms with van der Waals surface area (Å²) in [5, 5.41) is 2.06. The fourth-order valence-corrected chi connectivity index (χ4v) is 5.97. The van der Waals surface area contributed by atoms with Gasteiger partial charge in [-0.25, -0.2) is 9.97 Å². The largest absolute Gasteiger partial charge is 0.355 e. The van der Waals surface area contributed by atoms with E-state index >= 15 is 0 Å². The molecule has 2 aromatic rings. The van der Waals surface area contributed by atoms with E-state index in [1.54, 1.807) is 17.8 Å². The van der Waals surface area contributed by atoms with Crippen molar-refractivity contribution in [3.8, 4) is 0 Å². The molecule has 1 saturated heterocycles. The van der Waals surface area contributed by atoms with E-state index in [-0.39, 0.29) is 0 Å². The van der Waals surface area contributed by atoms with E-state index in [1.165, 1.54) is 38.5 Å². The van der Waals surface area contributed by atoms with Crippen LogP contribution in [0.3, 0.4) is 0 Å². The van der Waals surface area contributed by atoms with Crippen molar-refractivity contribution in [2.24, 2.45) is 5.41 Å². The van der Waals surface area contributed by atoms with Crippen LogP contribution in [0.15, 0.2) is 28.1 Å². The number of anilines is 1. The minimum absolute atomic E-state index is 0.568. The zero-order valence-corrected chi connectivity index (χ0v) is 18.9. The normalized spacial score (nSPS) is 18.8. The number of halogens is 2. The maximum Gasteiger partial charge on any atom is 0.150 e. The lowest BCUT2D eigenvalue weighted by Gasteiger charge is -2.40. The van der Waals surface area contributed by atoms with Crippen LogP contribution < -0.4 is 4.90 Å². The summed E-state index contributed by atoms with van der Waals surface area (Å²) in [7, 11) is 0. The SMILES string of the molecule is CCc1nc(Sc2cccc(Cl)c2Cl)c(C)nc1N1CCC2(CCCC2)CC1. The van der Waals surface area contributed by atoms with Crippen molar-refractivity contribution >= 4 is 40.8 Å². The Balaban J connectivity index is 1.57. The molecule has 1 aromatic heterocycles. The fraction of sp³-hybridized carbons (Fsp3) is 0.545. The van der Waals surface area contributed by atoms with Crippen LogP contribution in [0.4, 0.5) is 5.82 Å². The van der Waals surface area contributed by atoms with E-state index < -0.39 is 0 Å². The third-order valence-corrected chi connectivity index (χ3v) is 8.39. The van der Waals surface area contributed by atoms with Crippen LogP contribution >= 0.6 is 35.0 Å². The Morgan fingerprint density at radius 2 is 1.79 bits per heavy atom. The highest BCUT2D eigenvalue weighted by atomic mass is 35.5. The molecular formula is C22H27Cl2N3S. The molecule has 0 amide bonds. The van der Waals surface area contributed by atoms with Gasteiger partial charge in [-0.05, 0) is 56.6 Å². The lowest BCUT2D eigenvalue weighted by molar-refractivity contribution is 0.226. The van der Waals surface area contributed by atoms with Crippen molar-refractivity contribution in [2.75, 3.05) is 18.0 Å². The molecule has 1 spiro atoms. The Kier molecular flexibility index (Phi) is 6.10. The summed E-state index contributed by atoms with van der Waals surface area (Å²) in [5.41, 5.74) is 2.65. The highest BCUT2D eigenvalue weighted by molar-refractivity contribution is 7.99. The molecule has 0 atom stereocenters. The number of benzene rings is 1. The van der Waals surface area contributed by atoms with Crippen molar-refractivity contribution < 1.29 is 0 Å². The van der Waals surface area contributed by atoms with Gasteiger partial charge in [0.05, 0.1) is 21.4 Å². The first kappa shape index (κ1) is 20.3. The van der Waals surface area contributed by atoms with E-state index in [9.17, 15) is 0 Å². The Labute approximate surface area is 182 Å². The Morgan fingerprint density at radius 3 is 2.46 bits per heavy atom. The molecule has 0 radical (unpaired) electrons. The van der Waals surface area contributed by atoms with Crippen molar-refractivity contribution in [1.82, 2.24) is 9.97 Å². The van der Waals surface area contributed by atoms with E-state index in [2.05, 4.69) is 11.8 Å². The van der Waals surface area contributed by atoms with Gasteiger partial charge in [-0.1, -0.05) is 60.8 Å². The van der Waals surface area contributed by atoms with Crippen LogP contribution in [0.25, 0.3) is 0 Å². The molecule has 6 heteroatoms. The van der Waals surface area contributed by atoms with Crippen LogP contribution in [0.5, 0.6) is 0 Å². The highest BCUT2D eigenvalue weighted by Crippen LogP contribution is 2.47. The minimum Gasteiger partial charge on any atom is -0.355 e. The van der Waals surface area contributed by atoms with Crippen LogP contribution in [0.1, 0.15) is 56.8 Å². The van der Waals surface area contributed by atoms with Gasteiger partial charge >= 0.3 is 0 Å². The molecule has 3 nitrogen and oxygen atoms in total. The predicted octanol–water partition coefficient (Wildman–Crippen LogP) is 6.97. The predicted molar refractivity (Wildman–Crippen MR) is 119 cm³/mol. The molecule has 1 aliphatic carbocycles. The quantitative estimate of drug-likeness (QED) is 0.518. The lowest BCUT2D eigenvalue weighted by atomic mass is 9.77. The average molecular weight is 436 g/mol. The first-order chi connectivity index (χ1) is 13.5. The molecule has 1 aliphatic heterocycles. The smallest absolute Gasteiger partial charge is 0.150 e. The molecular weight excluding hydrogens is 409 g/mol. The topological polar surface area (TPSA) is 29.0 Å². The van der Waals surface area contributed by atoms with Crippen LogP contribution in [0, 0.1) is 12.3 Å². The first-order valence-electron chi connectivity index (χ1n) is 10.3. The number of rotatable bonds is 4. The second-order valence-electron chi connectivity index (χ2n) is 8.09. The summed E-state index contributed by atoms with van der Waals surface area (Å²) in [6.45, 7) is 6.41. The average Bonchev–Trinajstić information content (AvgIpc) is 3.15. The molecule has 0 bridgehead atoms. The molecule has 2 aliphatic rings. The van der Waals surface area contributed by atoms with Gasteiger partial charge in [-0.2, -0.15) is 0 Å². The third-order valence-electron chi connectivity index (χ3n) is 6.32. The van der Waals surface area contributed by atoms with Gasteiger partial charge in [0.2, 0.25) is 0 Å². The molecule has 0 unspecified atom stereocenters. The number of piperidine rings is 1. The Hall–Kier alpha value is -0.970. The van der Waals surface area contributed by atoms with Gasteiger partial charge in [0.1, 0.15) is 5.03 Å². The lowest BCUT2D eigenvalue weighted by Crippen LogP contribution is -2.40. The van der Waals surface area contributed by atoms with Gasteiger partial charge in [0.25, 0.3) is 0 Å². The first-order valence-corrected chi connectivity index (χ1v) is 11.8. The molecule has 2 heterocycles. The standard InChI is InChI=1S/C22H27Cl2N3S/c1-3-17-20(27-13-11-22(12-14-27)9-4-5-10-22)25-15(2)21(26-17)28-18-8-6-7-16(23)19(18)24/h6-8H,3-5,9-14H2,1-2H3. The number of aromatic nitrogens is 2. The molecule has 28 heavy (non-hydrogen) atoms. The summed E-state index contributed by atoms with van der Waals surface area (Å²) < 4.78 is 0. The summed E-state index contributed by atoms with van der Waals surface area (Å²) in [6.07, 6.45) is 9.14. The monoisotopic (exact) mass is 435 g/mol. The summed E-state index contributed by atoms with van der Waals surface area (Å²) in [5.74, 6) is 1.08. The zero-order chi connectivity index (χ0) is 19.7. The van der Waals surface area contributed by atoms with Gasteiger partial charge in [0, 0.05) is 18.0 Å². The minimum atomic E-state index is 0.568. The summed E-state index contributed by atoms with van der Waals surface area (Å²) in [4.78, 5) is 13.4. The van der Waals surface area contributed by atoms with Crippen molar-refractivity contribution in [2.45, 2.75) is 68.7 Å². The maximum absolute atomic E-state index is 6.37. The van der Waals surface area contributed by atoms with Crippen molar-refractivity contribution in [1.29, 1.82) is 0 Å². The molecule has 150 valence electrons. The highest BCUT2D eigenvalue weighted by Gasteiger charge is 2.37. The van der Waals surface area contributed by atoms with E-state index in [4.69, 9.17) is 33.2 Å². The zero-order valence-electron chi connectivity index (χ0n) is 16.6. The summed E-state index contributed by atoms with van der Waals surface area (Å²) in [6, 6.07) is 5.70. The van der Waals surface area contributed by atoms with Gasteiger partial charge < -0.3 is 4.90 Å². The summed E-state index contributed by atoms with van der Waals surface area (Å²) >= 11 is 14.1. The number of nitrogens with zero attached hydrogens (tertiary/aromatic N) is 3. The number of hydrogen-bond acceptors (Lipinski definition) is 4. The second kappa shape index (κ2) is 8.41. The van der Waals surface area contributed by atoms with Gasteiger partial charge in [-0.15, -0.1) is 0 Å². The molecule has 1 saturated carbocycles. The molecule has 1 aromatic carbocycles. The molecule has 2 fully saturated rings. The van der Waals surface area contributed by atoms with Crippen molar-refractivity contribution in [3.05, 3.63) is 39.6 Å². The molecule has 4 rings (SSSR count). The van der Waals surface area contributed by atoms with Crippen molar-refractivity contribution in [3.63, 3.8) is 0 Å². The third kappa shape index (κ3) is 4.01. The van der Waals surface area contributed by atoms with Crippen LogP contribution in [-0.2, 0) is 6.42 Å². The Morgan fingerprint density at radius 1 is 1.07 bits per heavy atom. The maximum atomic E-state index is 6.37. The van der Waals surface area contributed by atoms with Gasteiger partial charge in [-0.3, -0.25) is 0 Å². The number of hydrogen-bond donors (Lipinski definition) is 0. The van der Waals surface area contributed by atoms with E-state index in [1.807, 2.05) is 19.1 Å². The molecule has 0 N–H and O–H groups in total. The van der Waals surface area contributed by atoms with Crippen LogP contribution in [-0.4, -0.2) is 23.1 Å². The Bertz CT molecular complexity index is 855. The van der Waals surface area contributed by atoms with E-state index in [0.29, 0.717) is 15.5 Å².